The quantitative estimate of drug-likeness (QED) is 0.543. The third kappa shape index (κ3) is 5.23. The number of carbonyl (C=O) groups excluding carboxylic acids is 2. The van der Waals surface area contributed by atoms with Crippen LogP contribution in [-0.4, -0.2) is 45.8 Å². The van der Waals surface area contributed by atoms with E-state index in [1.165, 1.54) is 14.2 Å². The van der Waals surface area contributed by atoms with Crippen LogP contribution in [0.3, 0.4) is 0 Å². The van der Waals surface area contributed by atoms with E-state index in [0.29, 0.717) is 47.3 Å². The Balaban J connectivity index is 1.50. The average Bonchev–Trinajstić information content (AvgIpc) is 2.85. The van der Waals surface area contributed by atoms with Crippen LogP contribution in [0.5, 0.6) is 23.0 Å². The Hall–Kier alpha value is -4.20. The lowest BCUT2D eigenvalue weighted by Gasteiger charge is -2.29. The highest BCUT2D eigenvalue weighted by atomic mass is 16.5. The SMILES string of the molecule is COc1cc(OC)cc(C(=O)Nc2ccc3c(c2)N(CCOc2cccc(C)c2)C(=O)CO3)c1. The van der Waals surface area contributed by atoms with E-state index in [9.17, 15) is 9.59 Å². The summed E-state index contributed by atoms with van der Waals surface area (Å²) in [5, 5.41) is 2.86. The van der Waals surface area contributed by atoms with Crippen LogP contribution < -0.4 is 29.2 Å². The lowest BCUT2D eigenvalue weighted by Crippen LogP contribution is -2.41. The van der Waals surface area contributed by atoms with Gasteiger partial charge in [0.2, 0.25) is 0 Å². The van der Waals surface area contributed by atoms with Crippen molar-refractivity contribution in [2.75, 3.05) is 44.2 Å². The Kier molecular flexibility index (Phi) is 6.87. The van der Waals surface area contributed by atoms with Gasteiger partial charge in [0.15, 0.2) is 6.61 Å². The molecule has 1 heterocycles. The minimum atomic E-state index is -0.338. The molecule has 0 fully saturated rings. The number of hydrogen-bond acceptors (Lipinski definition) is 6. The smallest absolute Gasteiger partial charge is 0.265 e. The molecule has 1 aliphatic rings. The number of carbonyl (C=O) groups is 2. The second-order valence-corrected chi connectivity index (χ2v) is 7.74. The molecule has 8 nitrogen and oxygen atoms in total. The Morgan fingerprint density at radius 3 is 2.47 bits per heavy atom. The van der Waals surface area contributed by atoms with E-state index in [-0.39, 0.29) is 18.4 Å². The summed E-state index contributed by atoms with van der Waals surface area (Å²) in [7, 11) is 3.04. The zero-order chi connectivity index (χ0) is 24.1. The summed E-state index contributed by atoms with van der Waals surface area (Å²) in [5.74, 6) is 1.81. The fourth-order valence-corrected chi connectivity index (χ4v) is 3.63. The number of rotatable bonds is 8. The summed E-state index contributed by atoms with van der Waals surface area (Å²) in [4.78, 5) is 27.1. The molecule has 0 atom stereocenters. The zero-order valence-electron chi connectivity index (χ0n) is 19.3. The molecular weight excluding hydrogens is 436 g/mol. The van der Waals surface area contributed by atoms with E-state index in [1.54, 1.807) is 41.3 Å². The molecule has 176 valence electrons. The van der Waals surface area contributed by atoms with Crippen molar-refractivity contribution in [1.82, 2.24) is 0 Å². The third-order valence-electron chi connectivity index (χ3n) is 5.35. The zero-order valence-corrected chi connectivity index (χ0v) is 19.3. The molecule has 1 aliphatic heterocycles. The summed E-state index contributed by atoms with van der Waals surface area (Å²) in [5.41, 5.74) is 2.57. The maximum atomic E-state index is 12.9. The van der Waals surface area contributed by atoms with Crippen LogP contribution in [0.4, 0.5) is 11.4 Å². The highest BCUT2D eigenvalue weighted by molar-refractivity contribution is 6.06. The van der Waals surface area contributed by atoms with E-state index in [2.05, 4.69) is 5.32 Å². The molecule has 0 saturated carbocycles. The number of anilines is 2. The molecule has 0 spiro atoms. The van der Waals surface area contributed by atoms with Gasteiger partial charge in [0.1, 0.15) is 29.6 Å². The molecule has 3 aromatic carbocycles. The van der Waals surface area contributed by atoms with E-state index in [4.69, 9.17) is 18.9 Å². The van der Waals surface area contributed by atoms with Crippen LogP contribution in [-0.2, 0) is 4.79 Å². The predicted octanol–water partition coefficient (Wildman–Crippen LogP) is 4.07. The van der Waals surface area contributed by atoms with Crippen molar-refractivity contribution < 1.29 is 28.5 Å². The molecule has 0 aliphatic carbocycles. The normalized spacial score (nSPS) is 12.4. The first kappa shape index (κ1) is 23.0. The van der Waals surface area contributed by atoms with Crippen molar-refractivity contribution >= 4 is 23.2 Å². The predicted molar refractivity (Wildman–Crippen MR) is 128 cm³/mol. The van der Waals surface area contributed by atoms with Crippen molar-refractivity contribution in [2.24, 2.45) is 0 Å². The summed E-state index contributed by atoms with van der Waals surface area (Å²) < 4.78 is 21.9. The van der Waals surface area contributed by atoms with Crippen LogP contribution in [0, 0.1) is 6.92 Å². The van der Waals surface area contributed by atoms with Gasteiger partial charge in [-0.3, -0.25) is 9.59 Å². The van der Waals surface area contributed by atoms with Crippen LogP contribution in [0.2, 0.25) is 0 Å². The number of nitrogens with zero attached hydrogens (tertiary/aromatic N) is 1. The van der Waals surface area contributed by atoms with Gasteiger partial charge in [0, 0.05) is 17.3 Å². The van der Waals surface area contributed by atoms with Crippen LogP contribution in [0.25, 0.3) is 0 Å². The minimum Gasteiger partial charge on any atom is -0.497 e. The van der Waals surface area contributed by atoms with Gasteiger partial charge in [-0.1, -0.05) is 12.1 Å². The van der Waals surface area contributed by atoms with Gasteiger partial charge in [-0.25, -0.2) is 0 Å². The third-order valence-corrected chi connectivity index (χ3v) is 5.35. The van der Waals surface area contributed by atoms with Gasteiger partial charge in [-0.15, -0.1) is 0 Å². The van der Waals surface area contributed by atoms with Crippen molar-refractivity contribution in [3.63, 3.8) is 0 Å². The van der Waals surface area contributed by atoms with Crippen LogP contribution in [0.15, 0.2) is 60.7 Å². The van der Waals surface area contributed by atoms with Crippen molar-refractivity contribution in [1.29, 1.82) is 0 Å². The molecule has 0 radical (unpaired) electrons. The van der Waals surface area contributed by atoms with Gasteiger partial charge in [0.05, 0.1) is 26.5 Å². The lowest BCUT2D eigenvalue weighted by atomic mass is 10.1. The van der Waals surface area contributed by atoms with Gasteiger partial charge in [-0.05, 0) is 55.0 Å². The number of hydrogen-bond donors (Lipinski definition) is 1. The van der Waals surface area contributed by atoms with E-state index in [1.807, 2.05) is 31.2 Å². The Bertz CT molecular complexity index is 1190. The minimum absolute atomic E-state index is 0.0489. The van der Waals surface area contributed by atoms with Crippen LogP contribution in [0.1, 0.15) is 15.9 Å². The fraction of sp³-hybridized carbons (Fsp3) is 0.231. The number of methoxy groups -OCH3 is 2. The first-order valence-electron chi connectivity index (χ1n) is 10.8. The summed E-state index contributed by atoms with van der Waals surface area (Å²) in [6, 6.07) is 17.8. The summed E-state index contributed by atoms with van der Waals surface area (Å²) in [6.07, 6.45) is 0. The molecule has 8 heteroatoms. The molecule has 1 N–H and O–H groups in total. The number of benzene rings is 3. The van der Waals surface area contributed by atoms with Gasteiger partial charge in [0.25, 0.3) is 11.8 Å². The maximum absolute atomic E-state index is 12.9. The summed E-state index contributed by atoms with van der Waals surface area (Å²) in [6.45, 7) is 2.60. The number of nitrogens with one attached hydrogen (secondary N) is 1. The van der Waals surface area contributed by atoms with Crippen LogP contribution >= 0.6 is 0 Å². The number of fused-ring (bicyclic) bond motifs is 1. The molecule has 34 heavy (non-hydrogen) atoms. The standard InChI is InChI=1S/C26H26N2O6/c1-17-5-4-6-20(11-17)33-10-9-28-23-14-19(7-8-24(23)34-16-25(28)29)27-26(30)18-12-21(31-2)15-22(13-18)32-3/h4-8,11-15H,9-10,16H2,1-3H3,(H,27,30). The molecule has 2 amide bonds. The van der Waals surface area contributed by atoms with Crippen molar-refractivity contribution in [2.45, 2.75) is 6.92 Å². The number of ether oxygens (including phenoxy) is 4. The second kappa shape index (κ2) is 10.2. The van der Waals surface area contributed by atoms with Gasteiger partial charge < -0.3 is 29.2 Å². The molecule has 4 rings (SSSR count). The topological polar surface area (TPSA) is 86.3 Å². The Morgan fingerprint density at radius 2 is 1.76 bits per heavy atom. The van der Waals surface area contributed by atoms with E-state index in [0.717, 1.165) is 11.3 Å². The van der Waals surface area contributed by atoms with Crippen molar-refractivity contribution in [3.05, 3.63) is 71.8 Å². The maximum Gasteiger partial charge on any atom is 0.265 e. The van der Waals surface area contributed by atoms with E-state index >= 15 is 0 Å². The lowest BCUT2D eigenvalue weighted by molar-refractivity contribution is -0.121. The highest BCUT2D eigenvalue weighted by Crippen LogP contribution is 2.35. The largest absolute Gasteiger partial charge is 0.497 e. The molecule has 0 aromatic heterocycles. The second-order valence-electron chi connectivity index (χ2n) is 7.74. The molecular formula is C26H26N2O6. The molecule has 3 aromatic rings. The number of aryl methyl sites for hydroxylation is 1. The van der Waals surface area contributed by atoms with Gasteiger partial charge >= 0.3 is 0 Å². The molecule has 0 unspecified atom stereocenters. The summed E-state index contributed by atoms with van der Waals surface area (Å²) >= 11 is 0. The highest BCUT2D eigenvalue weighted by Gasteiger charge is 2.26. The first-order chi connectivity index (χ1) is 16.5. The van der Waals surface area contributed by atoms with Crippen molar-refractivity contribution in [3.8, 4) is 23.0 Å². The monoisotopic (exact) mass is 462 g/mol. The fourth-order valence-electron chi connectivity index (χ4n) is 3.63. The molecule has 0 saturated heterocycles. The van der Waals surface area contributed by atoms with E-state index < -0.39 is 0 Å². The first-order valence-corrected chi connectivity index (χ1v) is 10.8. The Labute approximate surface area is 198 Å². The average molecular weight is 463 g/mol. The molecule has 0 bridgehead atoms. The number of amides is 2. The van der Waals surface area contributed by atoms with Gasteiger partial charge in [-0.2, -0.15) is 0 Å². The Morgan fingerprint density at radius 1 is 1.00 bits per heavy atom.